The first kappa shape index (κ1) is 20.6. The second-order valence-electron chi connectivity index (χ2n) is 6.99. The third-order valence-electron chi connectivity index (χ3n) is 4.97. The van der Waals surface area contributed by atoms with Crippen molar-refractivity contribution in [2.75, 3.05) is 31.1 Å². The minimum atomic E-state index is -0.378. The van der Waals surface area contributed by atoms with E-state index in [9.17, 15) is 14.4 Å². The van der Waals surface area contributed by atoms with Crippen LogP contribution >= 0.6 is 11.6 Å². The zero-order valence-electron chi connectivity index (χ0n) is 16.5. The molecule has 0 atom stereocenters. The first-order valence-electron chi connectivity index (χ1n) is 9.68. The molecular formula is C23H18ClFN4O2. The summed E-state index contributed by atoms with van der Waals surface area (Å²) in [4.78, 5) is 20.5. The van der Waals surface area contributed by atoms with E-state index in [0.29, 0.717) is 48.5 Å². The number of oxazole rings is 1. The molecule has 4 rings (SSSR count). The van der Waals surface area contributed by atoms with E-state index >= 15 is 0 Å². The molecule has 0 unspecified atom stereocenters. The number of aromatic nitrogens is 1. The Hall–Kier alpha value is -3.63. The van der Waals surface area contributed by atoms with Gasteiger partial charge in [-0.15, -0.1) is 0 Å². The molecule has 31 heavy (non-hydrogen) atoms. The second kappa shape index (κ2) is 9.02. The summed E-state index contributed by atoms with van der Waals surface area (Å²) < 4.78 is 18.9. The number of hydrogen-bond acceptors (Lipinski definition) is 5. The van der Waals surface area contributed by atoms with Gasteiger partial charge >= 0.3 is 0 Å². The SMILES string of the molecule is N#Cc1nc(C=Cc2ccc(Cl)cc2)oc1N1CCN(C(=O)c2ccc(F)cc2)CC1. The van der Waals surface area contributed by atoms with Crippen LogP contribution in [0.2, 0.25) is 5.02 Å². The van der Waals surface area contributed by atoms with Crippen molar-refractivity contribution in [2.24, 2.45) is 0 Å². The maximum absolute atomic E-state index is 13.1. The number of carbonyl (C=O) groups excluding carboxylic acids is 1. The summed E-state index contributed by atoms with van der Waals surface area (Å²) in [5.41, 5.74) is 1.58. The van der Waals surface area contributed by atoms with Crippen molar-refractivity contribution in [3.8, 4) is 6.07 Å². The van der Waals surface area contributed by atoms with E-state index in [1.807, 2.05) is 23.1 Å². The molecule has 2 heterocycles. The molecule has 0 aliphatic carbocycles. The number of carbonyl (C=O) groups is 1. The quantitative estimate of drug-likeness (QED) is 0.603. The molecule has 0 N–H and O–H groups in total. The van der Waals surface area contributed by atoms with Crippen LogP contribution in [-0.2, 0) is 0 Å². The van der Waals surface area contributed by atoms with Gasteiger partial charge in [-0.05, 0) is 48.0 Å². The lowest BCUT2D eigenvalue weighted by Gasteiger charge is -2.34. The van der Waals surface area contributed by atoms with E-state index in [-0.39, 0.29) is 17.4 Å². The molecule has 8 heteroatoms. The van der Waals surface area contributed by atoms with E-state index in [2.05, 4.69) is 11.1 Å². The number of hydrogen-bond donors (Lipinski definition) is 0. The molecule has 156 valence electrons. The second-order valence-corrected chi connectivity index (χ2v) is 7.43. The number of nitrogens with zero attached hydrogens (tertiary/aromatic N) is 4. The Labute approximate surface area is 183 Å². The lowest BCUT2D eigenvalue weighted by atomic mass is 10.2. The molecule has 1 fully saturated rings. The lowest BCUT2D eigenvalue weighted by Crippen LogP contribution is -2.48. The number of benzene rings is 2. The van der Waals surface area contributed by atoms with E-state index in [1.165, 1.54) is 24.3 Å². The Morgan fingerprint density at radius 2 is 1.74 bits per heavy atom. The lowest BCUT2D eigenvalue weighted by molar-refractivity contribution is 0.0745. The Balaban J connectivity index is 1.43. The van der Waals surface area contributed by atoms with Crippen molar-refractivity contribution >= 4 is 35.5 Å². The Morgan fingerprint density at radius 1 is 1.06 bits per heavy atom. The van der Waals surface area contributed by atoms with E-state index in [0.717, 1.165) is 5.56 Å². The zero-order valence-corrected chi connectivity index (χ0v) is 17.2. The number of nitriles is 1. The van der Waals surface area contributed by atoms with Gasteiger partial charge in [-0.2, -0.15) is 10.2 Å². The number of anilines is 1. The van der Waals surface area contributed by atoms with Crippen molar-refractivity contribution in [1.82, 2.24) is 9.88 Å². The fourth-order valence-corrected chi connectivity index (χ4v) is 3.44. The Morgan fingerprint density at radius 3 is 2.39 bits per heavy atom. The standard InChI is InChI=1S/C23H18ClFN4O2/c24-18-6-1-16(2-7-18)3-10-21-27-20(15-26)23(31-21)29-13-11-28(12-14-29)22(30)17-4-8-19(25)9-5-17/h1-10H,11-14H2. The molecular weight excluding hydrogens is 419 g/mol. The van der Waals surface area contributed by atoms with Gasteiger partial charge in [-0.3, -0.25) is 4.79 Å². The van der Waals surface area contributed by atoms with Crippen LogP contribution in [0.25, 0.3) is 12.2 Å². The summed E-state index contributed by atoms with van der Waals surface area (Å²) in [7, 11) is 0. The minimum Gasteiger partial charge on any atom is -0.420 e. The number of rotatable bonds is 4. The van der Waals surface area contributed by atoms with Crippen molar-refractivity contribution < 1.29 is 13.6 Å². The summed E-state index contributed by atoms with van der Waals surface area (Å²) in [5, 5.41) is 10.1. The molecule has 6 nitrogen and oxygen atoms in total. The van der Waals surface area contributed by atoms with Gasteiger partial charge in [0.05, 0.1) is 0 Å². The van der Waals surface area contributed by atoms with Gasteiger partial charge in [0.2, 0.25) is 17.5 Å². The summed E-state index contributed by atoms with van der Waals surface area (Å²) in [6.45, 7) is 1.91. The highest BCUT2D eigenvalue weighted by atomic mass is 35.5. The Kier molecular flexibility index (Phi) is 6.01. The predicted octanol–water partition coefficient (Wildman–Crippen LogP) is 4.47. The summed E-state index contributed by atoms with van der Waals surface area (Å²) in [6.07, 6.45) is 3.52. The normalized spacial score (nSPS) is 14.1. The predicted molar refractivity (Wildman–Crippen MR) is 116 cm³/mol. The maximum Gasteiger partial charge on any atom is 0.253 e. The van der Waals surface area contributed by atoms with Crippen molar-refractivity contribution in [3.63, 3.8) is 0 Å². The minimum absolute atomic E-state index is 0.149. The van der Waals surface area contributed by atoms with Crippen molar-refractivity contribution in [1.29, 1.82) is 5.26 Å². The average Bonchev–Trinajstić information content (AvgIpc) is 3.22. The van der Waals surface area contributed by atoms with E-state index in [4.69, 9.17) is 16.0 Å². The molecule has 1 aliphatic heterocycles. The van der Waals surface area contributed by atoms with Gasteiger partial charge in [0.15, 0.2) is 0 Å². The van der Waals surface area contributed by atoms with Crippen LogP contribution < -0.4 is 4.90 Å². The fraction of sp³-hybridized carbons (Fsp3) is 0.174. The van der Waals surface area contributed by atoms with Crippen LogP contribution in [0.4, 0.5) is 10.3 Å². The first-order valence-corrected chi connectivity index (χ1v) is 10.1. The van der Waals surface area contributed by atoms with Crippen LogP contribution in [-0.4, -0.2) is 42.0 Å². The summed E-state index contributed by atoms with van der Waals surface area (Å²) in [5.74, 6) is 0.194. The van der Waals surface area contributed by atoms with E-state index < -0.39 is 0 Å². The molecule has 1 amide bonds. The van der Waals surface area contributed by atoms with E-state index in [1.54, 1.807) is 23.1 Å². The molecule has 1 saturated heterocycles. The van der Waals surface area contributed by atoms with Gasteiger partial charge in [-0.25, -0.2) is 4.39 Å². The highest BCUT2D eigenvalue weighted by Crippen LogP contribution is 2.25. The molecule has 0 radical (unpaired) electrons. The van der Waals surface area contributed by atoms with Crippen LogP contribution in [0.15, 0.2) is 52.9 Å². The van der Waals surface area contributed by atoms with Crippen LogP contribution in [0.3, 0.4) is 0 Å². The average molecular weight is 437 g/mol. The highest BCUT2D eigenvalue weighted by Gasteiger charge is 2.26. The maximum atomic E-state index is 13.1. The van der Waals surface area contributed by atoms with Gasteiger partial charge in [0.1, 0.15) is 11.9 Å². The fourth-order valence-electron chi connectivity index (χ4n) is 3.32. The molecule has 0 spiro atoms. The number of piperazine rings is 1. The molecule has 1 aromatic heterocycles. The monoisotopic (exact) mass is 436 g/mol. The van der Waals surface area contributed by atoms with Crippen molar-refractivity contribution in [3.05, 3.63) is 82.1 Å². The highest BCUT2D eigenvalue weighted by molar-refractivity contribution is 6.30. The molecule has 2 aromatic carbocycles. The third-order valence-corrected chi connectivity index (χ3v) is 5.22. The first-order chi connectivity index (χ1) is 15.0. The Bertz CT molecular complexity index is 1140. The van der Waals surface area contributed by atoms with Crippen molar-refractivity contribution in [2.45, 2.75) is 0 Å². The van der Waals surface area contributed by atoms with Crippen LogP contribution in [0.5, 0.6) is 0 Å². The van der Waals surface area contributed by atoms with Gasteiger partial charge in [-0.1, -0.05) is 23.7 Å². The molecule has 1 aliphatic rings. The zero-order chi connectivity index (χ0) is 21.8. The van der Waals surface area contributed by atoms with Gasteiger partial charge < -0.3 is 14.2 Å². The molecule has 0 bridgehead atoms. The van der Waals surface area contributed by atoms with Gasteiger partial charge in [0, 0.05) is 42.8 Å². The van der Waals surface area contributed by atoms with Crippen LogP contribution in [0, 0.1) is 17.1 Å². The third kappa shape index (κ3) is 4.76. The summed E-state index contributed by atoms with van der Waals surface area (Å²) in [6, 6.07) is 14.9. The number of amides is 1. The van der Waals surface area contributed by atoms with Gasteiger partial charge in [0.25, 0.3) is 5.91 Å². The largest absolute Gasteiger partial charge is 0.420 e. The molecule has 0 saturated carbocycles. The number of halogens is 2. The molecule has 3 aromatic rings. The smallest absolute Gasteiger partial charge is 0.253 e. The summed E-state index contributed by atoms with van der Waals surface area (Å²) >= 11 is 5.89. The van der Waals surface area contributed by atoms with Crippen LogP contribution in [0.1, 0.15) is 27.5 Å². The topological polar surface area (TPSA) is 73.4 Å².